The van der Waals surface area contributed by atoms with Crippen LogP contribution in [0.5, 0.6) is 0 Å². The molecule has 0 spiro atoms. The van der Waals surface area contributed by atoms with E-state index >= 15 is 0 Å². The molecule has 0 N–H and O–H groups in total. The zero-order valence-corrected chi connectivity index (χ0v) is 9.39. The maximum atomic E-state index is 10.5. The van der Waals surface area contributed by atoms with E-state index in [2.05, 4.69) is 5.10 Å². The summed E-state index contributed by atoms with van der Waals surface area (Å²) in [5.41, 5.74) is 0. The number of halogens is 1. The van der Waals surface area contributed by atoms with Gasteiger partial charge in [-0.05, 0) is 24.2 Å². The fraction of sp³-hybridized carbons (Fsp3) is 0.667. The third-order valence-electron chi connectivity index (χ3n) is 2.54. The molecule has 2 rings (SSSR count). The van der Waals surface area contributed by atoms with Gasteiger partial charge >= 0.3 is 5.82 Å². The Morgan fingerprint density at radius 2 is 2.50 bits per heavy atom. The lowest BCUT2D eigenvalue weighted by molar-refractivity contribution is -0.389. The quantitative estimate of drug-likeness (QED) is 0.603. The van der Waals surface area contributed by atoms with Gasteiger partial charge in [-0.3, -0.25) is 0 Å². The van der Waals surface area contributed by atoms with Crippen molar-refractivity contribution >= 4 is 17.4 Å². The summed E-state index contributed by atoms with van der Waals surface area (Å²) in [6.45, 7) is 1.27. The summed E-state index contributed by atoms with van der Waals surface area (Å²) in [6, 6.07) is 0. The van der Waals surface area contributed by atoms with Crippen molar-refractivity contribution in [3.63, 3.8) is 0 Å². The Bertz CT molecular complexity index is 387. The average Bonchev–Trinajstić information content (AvgIpc) is 2.61. The van der Waals surface area contributed by atoms with Crippen LogP contribution in [0.3, 0.4) is 0 Å². The Morgan fingerprint density at radius 3 is 3.06 bits per heavy atom. The molecule has 88 valence electrons. The highest BCUT2D eigenvalue weighted by Gasteiger charge is 2.22. The molecule has 0 aromatic carbocycles. The highest BCUT2D eigenvalue weighted by molar-refractivity contribution is 6.32. The third-order valence-corrected chi connectivity index (χ3v) is 2.80. The maximum absolute atomic E-state index is 10.5. The molecule has 0 saturated carbocycles. The molecule has 1 aromatic rings. The molecule has 1 aliphatic rings. The Labute approximate surface area is 97.3 Å². The van der Waals surface area contributed by atoms with Gasteiger partial charge in [0.05, 0.1) is 23.9 Å². The van der Waals surface area contributed by atoms with Gasteiger partial charge in [0.1, 0.15) is 0 Å². The van der Waals surface area contributed by atoms with Crippen LogP contribution >= 0.6 is 11.6 Å². The third kappa shape index (κ3) is 2.51. The van der Waals surface area contributed by atoms with Gasteiger partial charge in [0.25, 0.3) is 0 Å². The van der Waals surface area contributed by atoms with Gasteiger partial charge in [0.2, 0.25) is 0 Å². The molecule has 0 radical (unpaired) electrons. The van der Waals surface area contributed by atoms with Gasteiger partial charge in [-0.2, -0.15) is 4.68 Å². The lowest BCUT2D eigenvalue weighted by Gasteiger charge is -2.21. The Morgan fingerprint density at radius 1 is 1.69 bits per heavy atom. The van der Waals surface area contributed by atoms with Crippen LogP contribution in [0.25, 0.3) is 0 Å². The number of aromatic nitrogens is 2. The summed E-state index contributed by atoms with van der Waals surface area (Å²) >= 11 is 5.69. The smallest absolute Gasteiger partial charge is 0.376 e. The molecule has 1 fully saturated rings. The second-order valence-corrected chi connectivity index (χ2v) is 4.18. The first-order valence-electron chi connectivity index (χ1n) is 5.16. The van der Waals surface area contributed by atoms with Crippen LogP contribution in [0.2, 0.25) is 5.02 Å². The van der Waals surface area contributed by atoms with Gasteiger partial charge < -0.3 is 14.9 Å². The van der Waals surface area contributed by atoms with E-state index in [1.165, 1.54) is 10.9 Å². The molecular formula is C9H12ClN3O3. The Kier molecular flexibility index (Phi) is 3.40. The van der Waals surface area contributed by atoms with Crippen LogP contribution in [0.1, 0.15) is 19.3 Å². The predicted octanol–water partition coefficient (Wildman–Crippen LogP) is 2.01. The first-order chi connectivity index (χ1) is 7.66. The first kappa shape index (κ1) is 11.3. The number of nitrogens with zero attached hydrogens (tertiary/aromatic N) is 3. The lowest BCUT2D eigenvalue weighted by atomic mass is 10.1. The first-order valence-corrected chi connectivity index (χ1v) is 5.53. The van der Waals surface area contributed by atoms with E-state index in [-0.39, 0.29) is 16.9 Å². The number of nitro groups is 1. The summed E-state index contributed by atoms with van der Waals surface area (Å²) in [6.07, 6.45) is 4.73. The topological polar surface area (TPSA) is 70.2 Å². The largest absolute Gasteiger partial charge is 0.408 e. The molecule has 0 amide bonds. The summed E-state index contributed by atoms with van der Waals surface area (Å²) in [4.78, 5) is 9.96. The van der Waals surface area contributed by atoms with Crippen LogP contribution in [-0.4, -0.2) is 27.4 Å². The van der Waals surface area contributed by atoms with Crippen molar-refractivity contribution in [1.82, 2.24) is 9.78 Å². The molecule has 1 aliphatic heterocycles. The molecule has 6 nitrogen and oxygen atoms in total. The summed E-state index contributed by atoms with van der Waals surface area (Å²) in [7, 11) is 0. The molecule has 1 unspecified atom stereocenters. The van der Waals surface area contributed by atoms with Crippen LogP contribution in [0, 0.1) is 10.1 Å². The van der Waals surface area contributed by atoms with Gasteiger partial charge in [-0.15, -0.1) is 0 Å². The zero-order chi connectivity index (χ0) is 11.5. The number of hydrogen-bond acceptors (Lipinski definition) is 4. The van der Waals surface area contributed by atoms with Crippen LogP contribution < -0.4 is 0 Å². The molecule has 1 saturated heterocycles. The minimum Gasteiger partial charge on any atom is -0.376 e. The number of ether oxygens (including phenoxy) is 1. The summed E-state index contributed by atoms with van der Waals surface area (Å²) in [5.74, 6) is -0.294. The van der Waals surface area contributed by atoms with E-state index in [1.54, 1.807) is 0 Å². The van der Waals surface area contributed by atoms with Crippen molar-refractivity contribution in [2.45, 2.75) is 31.9 Å². The summed E-state index contributed by atoms with van der Waals surface area (Å²) in [5, 5.41) is 14.4. The summed E-state index contributed by atoms with van der Waals surface area (Å²) < 4.78 is 7.00. The molecule has 0 aliphatic carbocycles. The molecule has 16 heavy (non-hydrogen) atoms. The fourth-order valence-corrected chi connectivity index (χ4v) is 1.98. The van der Waals surface area contributed by atoms with Gasteiger partial charge in [0, 0.05) is 6.61 Å². The molecule has 0 bridgehead atoms. The van der Waals surface area contributed by atoms with Gasteiger partial charge in [0.15, 0.2) is 5.02 Å². The van der Waals surface area contributed by atoms with E-state index in [4.69, 9.17) is 16.3 Å². The van der Waals surface area contributed by atoms with Crippen molar-refractivity contribution in [1.29, 1.82) is 0 Å². The van der Waals surface area contributed by atoms with E-state index in [9.17, 15) is 10.1 Å². The van der Waals surface area contributed by atoms with Crippen molar-refractivity contribution in [3.8, 4) is 0 Å². The van der Waals surface area contributed by atoms with E-state index < -0.39 is 4.92 Å². The lowest BCUT2D eigenvalue weighted by Crippen LogP contribution is -2.24. The molecule has 1 atom stereocenters. The SMILES string of the molecule is O=[N+]([O-])c1nn(CC2CCCCO2)cc1Cl. The Hall–Kier alpha value is -1.14. The minimum atomic E-state index is -0.583. The van der Waals surface area contributed by atoms with Gasteiger partial charge in [-0.1, -0.05) is 11.6 Å². The van der Waals surface area contributed by atoms with E-state index in [0.29, 0.717) is 6.54 Å². The van der Waals surface area contributed by atoms with Crippen molar-refractivity contribution in [3.05, 3.63) is 21.3 Å². The molecular weight excluding hydrogens is 234 g/mol. The second-order valence-electron chi connectivity index (χ2n) is 3.77. The number of rotatable bonds is 3. The van der Waals surface area contributed by atoms with Crippen molar-refractivity contribution in [2.75, 3.05) is 6.61 Å². The minimum absolute atomic E-state index is 0.0702. The maximum Gasteiger partial charge on any atom is 0.408 e. The standard InChI is InChI=1S/C9H12ClN3O3/c10-8-6-12(11-9(8)13(14)15)5-7-3-1-2-4-16-7/h6-7H,1-5H2. The van der Waals surface area contributed by atoms with Gasteiger partial charge in [-0.25, -0.2) is 0 Å². The molecule has 1 aromatic heterocycles. The Balaban J connectivity index is 2.03. The van der Waals surface area contributed by atoms with Crippen LogP contribution in [0.15, 0.2) is 6.20 Å². The average molecular weight is 246 g/mol. The second kappa shape index (κ2) is 4.80. The van der Waals surface area contributed by atoms with Crippen molar-refractivity contribution in [2.24, 2.45) is 0 Å². The molecule has 2 heterocycles. The zero-order valence-electron chi connectivity index (χ0n) is 8.63. The molecule has 7 heteroatoms. The van der Waals surface area contributed by atoms with Crippen molar-refractivity contribution < 1.29 is 9.66 Å². The normalized spacial score (nSPS) is 20.9. The van der Waals surface area contributed by atoms with Crippen LogP contribution in [-0.2, 0) is 11.3 Å². The highest BCUT2D eigenvalue weighted by Crippen LogP contribution is 2.22. The fourth-order valence-electron chi connectivity index (χ4n) is 1.76. The predicted molar refractivity (Wildman–Crippen MR) is 57.5 cm³/mol. The highest BCUT2D eigenvalue weighted by atomic mass is 35.5. The van der Waals surface area contributed by atoms with E-state index in [1.807, 2.05) is 0 Å². The monoisotopic (exact) mass is 245 g/mol. The van der Waals surface area contributed by atoms with E-state index in [0.717, 1.165) is 25.9 Å². The number of hydrogen-bond donors (Lipinski definition) is 0. The van der Waals surface area contributed by atoms with Crippen LogP contribution in [0.4, 0.5) is 5.82 Å².